The highest BCUT2D eigenvalue weighted by atomic mass is 29.1. The molecule has 0 aromatic rings. The Bertz CT molecular complexity index is 4.69. The maximum Gasteiger partial charge on any atom is -0.000878 e. The molecular weight excluding hydrogens is 265 g/mol. The maximum atomic E-state index is 1.53. The molecular formula is CH28Si9. The van der Waals surface area contributed by atoms with Crippen LogP contribution in [0, 0.1) is 0 Å². The molecule has 0 amide bonds. The van der Waals surface area contributed by atoms with Crippen LogP contribution in [0.2, 0.25) is 5.67 Å². The van der Waals surface area contributed by atoms with Crippen molar-refractivity contribution in [1.82, 2.24) is 0 Å². The van der Waals surface area contributed by atoms with Crippen LogP contribution in [0.1, 0.15) is 0 Å². The standard InChI is InChI=1S/CH8Si2.2H6Si2.H4Si.2H2Si/c2-1-3;2*1-2;;;/h1H2,2-3H3;2*1-2H3;1H4;2*1H2. The Morgan fingerprint density at radius 2 is 0.700 bits per heavy atom. The highest BCUT2D eigenvalue weighted by Crippen LogP contribution is 1.36. The summed E-state index contributed by atoms with van der Waals surface area (Å²) in [6.45, 7) is 0. The van der Waals surface area contributed by atoms with Crippen LogP contribution in [0.15, 0.2) is 0 Å². The van der Waals surface area contributed by atoms with Crippen molar-refractivity contribution in [3.63, 3.8) is 0 Å². The van der Waals surface area contributed by atoms with Crippen molar-refractivity contribution >= 4 is 92.4 Å². The summed E-state index contributed by atoms with van der Waals surface area (Å²) in [5.74, 6) is 0. The van der Waals surface area contributed by atoms with Crippen LogP contribution >= 0.6 is 0 Å². The largest absolute Gasteiger partial charge is 0.0778 e. The van der Waals surface area contributed by atoms with Gasteiger partial charge in [0.2, 0.25) is 0 Å². The molecule has 0 saturated heterocycles. The minimum absolute atomic E-state index is 0. The van der Waals surface area contributed by atoms with Crippen LogP contribution in [0.4, 0.5) is 0 Å². The molecule has 0 N–H and O–H groups in total. The van der Waals surface area contributed by atoms with Crippen LogP contribution in [-0.2, 0) is 0 Å². The van der Waals surface area contributed by atoms with Gasteiger partial charge >= 0.3 is 0 Å². The zero-order valence-corrected chi connectivity index (χ0v) is 22.9. The van der Waals surface area contributed by atoms with Gasteiger partial charge in [0.25, 0.3) is 0 Å². The fraction of sp³-hybridized carbons (Fsp3) is 1.00. The molecule has 9 heteroatoms. The van der Waals surface area contributed by atoms with Gasteiger partial charge in [-0.15, -0.1) is 0 Å². The number of hydrogen-bond donors (Lipinski definition) is 0. The van der Waals surface area contributed by atoms with Gasteiger partial charge in [0.05, 0.1) is 0 Å². The molecule has 0 spiro atoms. The topological polar surface area (TPSA) is 0 Å². The maximum absolute atomic E-state index is 1.53. The molecule has 0 bridgehead atoms. The van der Waals surface area contributed by atoms with Crippen LogP contribution in [0.25, 0.3) is 0 Å². The fourth-order valence-electron chi connectivity index (χ4n) is 0. The summed E-state index contributed by atoms with van der Waals surface area (Å²) in [4.78, 5) is 0. The third kappa shape index (κ3) is 209. The first-order valence-corrected chi connectivity index (χ1v) is 22.2. The molecule has 10 heavy (non-hydrogen) atoms. The number of rotatable bonds is 0. The highest BCUT2D eigenvalue weighted by molar-refractivity contribution is 6.76. The zero-order chi connectivity index (χ0) is 6.71. The number of hydrogen-bond acceptors (Lipinski definition) is 0. The second-order valence-electron chi connectivity index (χ2n) is 0.707. The Balaban J connectivity index is -0.00000000536. The molecule has 0 aliphatic heterocycles. The summed E-state index contributed by atoms with van der Waals surface area (Å²) in [5.41, 5.74) is 1.53. The van der Waals surface area contributed by atoms with E-state index in [1.807, 2.05) is 0 Å². The average Bonchev–Trinajstić information content (AvgIpc) is 1.78. The Labute approximate surface area is 97.7 Å². The normalized spacial score (nSPS) is 4.80. The first-order valence-electron chi connectivity index (χ1n) is 3.41. The van der Waals surface area contributed by atoms with Crippen LogP contribution in [0.3, 0.4) is 0 Å². The first kappa shape index (κ1) is 40.5. The van der Waals surface area contributed by atoms with Gasteiger partial charge in [-0.2, -0.15) is 0 Å². The molecule has 0 heterocycles. The smallest absolute Gasteiger partial charge is 0.000878 e. The van der Waals surface area contributed by atoms with Crippen molar-refractivity contribution in [2.75, 3.05) is 0 Å². The van der Waals surface area contributed by atoms with Gasteiger partial charge in [-0.3, -0.25) is 0 Å². The Hall–Kier alpha value is 1.95. The summed E-state index contributed by atoms with van der Waals surface area (Å²) in [6, 6.07) is 0. The predicted molar refractivity (Wildman–Crippen MR) is 92.9 cm³/mol. The predicted octanol–water partition coefficient (Wildman–Crippen LogP) is -9.93. The van der Waals surface area contributed by atoms with Crippen molar-refractivity contribution in [2.24, 2.45) is 0 Å². The molecule has 0 nitrogen and oxygen atoms in total. The van der Waals surface area contributed by atoms with Crippen LogP contribution < -0.4 is 0 Å². The molecule has 4 radical (unpaired) electrons. The lowest BCUT2D eigenvalue weighted by Gasteiger charge is -1.45. The molecule has 0 aliphatic rings. The van der Waals surface area contributed by atoms with E-state index in [9.17, 15) is 0 Å². The van der Waals surface area contributed by atoms with Crippen molar-refractivity contribution in [3.8, 4) is 0 Å². The third-order valence-corrected chi connectivity index (χ3v) is 0. The van der Waals surface area contributed by atoms with E-state index in [1.165, 1.54) is 65.2 Å². The fourth-order valence-corrected chi connectivity index (χ4v) is 0. The van der Waals surface area contributed by atoms with Gasteiger partial charge in [0, 0.05) is 0 Å². The zero-order valence-electron chi connectivity index (χ0n) is 8.12. The van der Waals surface area contributed by atoms with E-state index in [0.29, 0.717) is 0 Å². The lowest BCUT2D eigenvalue weighted by molar-refractivity contribution is 2.14. The van der Waals surface area contributed by atoms with Crippen molar-refractivity contribution < 1.29 is 0 Å². The summed E-state index contributed by atoms with van der Waals surface area (Å²) in [7, 11) is 8.64. The molecule has 68 valence electrons. The molecule has 0 rings (SSSR count). The molecule has 0 saturated carbocycles. The quantitative estimate of drug-likeness (QED) is 0.389. The SMILES string of the molecule is [SiH2].[SiH2].[SiH3]C[SiH3].[SiH3][SiH3].[SiH3][SiH3].[SiH4]. The second kappa shape index (κ2) is 124. The summed E-state index contributed by atoms with van der Waals surface area (Å²) < 4.78 is 0. The molecule has 0 atom stereocenters. The van der Waals surface area contributed by atoms with E-state index in [2.05, 4.69) is 0 Å². The van der Waals surface area contributed by atoms with Crippen molar-refractivity contribution in [1.29, 1.82) is 0 Å². The van der Waals surface area contributed by atoms with Gasteiger partial charge < -0.3 is 0 Å². The van der Waals surface area contributed by atoms with Gasteiger partial charge in [-0.1, -0.05) is 5.67 Å². The Morgan fingerprint density at radius 3 is 0.700 bits per heavy atom. The van der Waals surface area contributed by atoms with E-state index in [4.69, 9.17) is 0 Å². The lowest BCUT2D eigenvalue weighted by Crippen LogP contribution is -1.53. The second-order valence-corrected chi connectivity index (χ2v) is 6.36. The van der Waals surface area contributed by atoms with E-state index >= 15 is 0 Å². The van der Waals surface area contributed by atoms with Crippen molar-refractivity contribution in [2.45, 2.75) is 5.67 Å². The first-order chi connectivity index (χ1) is 3.41. The van der Waals surface area contributed by atoms with Crippen LogP contribution in [-0.4, -0.2) is 92.4 Å². The van der Waals surface area contributed by atoms with Crippen molar-refractivity contribution in [3.05, 3.63) is 0 Å². The molecule has 0 aromatic carbocycles. The minimum atomic E-state index is 0. The van der Waals surface area contributed by atoms with Gasteiger partial charge in [-0.05, 0) is 92.4 Å². The Kier molecular flexibility index (Phi) is 504. The molecule has 0 aromatic heterocycles. The summed E-state index contributed by atoms with van der Waals surface area (Å²) >= 11 is 0. The highest BCUT2D eigenvalue weighted by Gasteiger charge is 1.38. The van der Waals surface area contributed by atoms with E-state index < -0.39 is 0 Å². The molecule has 0 fully saturated rings. The monoisotopic (exact) mass is 292 g/mol. The Morgan fingerprint density at radius 1 is 0.700 bits per heavy atom. The van der Waals surface area contributed by atoms with E-state index in [1.54, 1.807) is 0 Å². The summed E-state index contributed by atoms with van der Waals surface area (Å²) in [6.07, 6.45) is 0. The molecule has 0 aliphatic carbocycles. The van der Waals surface area contributed by atoms with Gasteiger partial charge in [0.15, 0.2) is 0 Å². The van der Waals surface area contributed by atoms with Crippen LogP contribution in [0.5, 0.6) is 0 Å². The van der Waals surface area contributed by atoms with Gasteiger partial charge in [-0.25, -0.2) is 0 Å². The van der Waals surface area contributed by atoms with E-state index in [-0.39, 0.29) is 32.9 Å². The third-order valence-electron chi connectivity index (χ3n) is 0. The lowest BCUT2D eigenvalue weighted by atomic mass is 11.9. The van der Waals surface area contributed by atoms with Gasteiger partial charge in [0.1, 0.15) is 0 Å². The minimum Gasteiger partial charge on any atom is -0.0778 e. The summed E-state index contributed by atoms with van der Waals surface area (Å²) in [5, 5.41) is 0. The average molecular weight is 293 g/mol. The molecule has 0 unspecified atom stereocenters. The van der Waals surface area contributed by atoms with E-state index in [0.717, 1.165) is 0 Å².